The molecule has 0 amide bonds. The Hall–Kier alpha value is -2.69. The molecule has 0 saturated carbocycles. The lowest BCUT2D eigenvalue weighted by Gasteiger charge is -2.11. The smallest absolute Gasteiger partial charge is 0.259 e. The fourth-order valence-electron chi connectivity index (χ4n) is 2.75. The Morgan fingerprint density at radius 3 is 2.88 bits per heavy atom. The lowest BCUT2D eigenvalue weighted by Crippen LogP contribution is -2.12. The van der Waals surface area contributed by atoms with E-state index in [0.29, 0.717) is 17.6 Å². The number of aromatic nitrogens is 3. The molecule has 0 aromatic carbocycles. The molecule has 24 heavy (non-hydrogen) atoms. The van der Waals surface area contributed by atoms with Crippen LogP contribution in [0.3, 0.4) is 0 Å². The number of fused-ring (bicyclic) bond motifs is 1. The number of hydrogen-bond acceptors (Lipinski definition) is 4. The summed E-state index contributed by atoms with van der Waals surface area (Å²) in [7, 11) is 0. The highest BCUT2D eigenvalue weighted by atomic mass is 16.1. The zero-order chi connectivity index (χ0) is 16.9. The molecule has 0 fully saturated rings. The average Bonchev–Trinajstić information content (AvgIpc) is 2.55. The number of aryl methyl sites for hydroxylation is 1. The van der Waals surface area contributed by atoms with Gasteiger partial charge in [0.2, 0.25) is 0 Å². The van der Waals surface area contributed by atoms with Gasteiger partial charge in [0.15, 0.2) is 0 Å². The molecule has 3 aromatic heterocycles. The third kappa shape index (κ3) is 3.62. The third-order valence-electron chi connectivity index (χ3n) is 3.96. The van der Waals surface area contributed by atoms with Crippen molar-refractivity contribution in [3.63, 3.8) is 0 Å². The maximum atomic E-state index is 12.2. The van der Waals surface area contributed by atoms with Crippen LogP contribution in [0, 0.1) is 6.92 Å². The monoisotopic (exact) mass is 322 g/mol. The molecule has 0 aliphatic carbocycles. The van der Waals surface area contributed by atoms with Crippen molar-refractivity contribution in [3.8, 4) is 0 Å². The second-order valence-corrected chi connectivity index (χ2v) is 6.01. The van der Waals surface area contributed by atoms with E-state index in [-0.39, 0.29) is 5.56 Å². The topological polar surface area (TPSA) is 70.7 Å². The number of anilines is 1. The minimum absolute atomic E-state index is 0.112. The summed E-state index contributed by atoms with van der Waals surface area (Å²) in [5, 5.41) is 4.83. The molecule has 3 heterocycles. The Labute approximate surface area is 141 Å². The summed E-state index contributed by atoms with van der Waals surface area (Å²) in [6.07, 6.45) is 6.27. The van der Waals surface area contributed by atoms with Gasteiger partial charge < -0.3 is 10.3 Å². The van der Waals surface area contributed by atoms with Gasteiger partial charge in [0.05, 0.1) is 5.39 Å². The quantitative estimate of drug-likeness (QED) is 0.682. The molecule has 2 N–H and O–H groups in total. The first-order valence-electron chi connectivity index (χ1n) is 8.34. The number of nitrogens with one attached hydrogen (secondary N) is 2. The van der Waals surface area contributed by atoms with E-state index in [9.17, 15) is 4.79 Å². The van der Waals surface area contributed by atoms with Crippen molar-refractivity contribution >= 4 is 16.6 Å². The van der Waals surface area contributed by atoms with Crippen LogP contribution in [0.25, 0.3) is 10.8 Å². The standard InChI is InChI=1S/C19H22N4O/c1-3-4-7-21-18-17-14(6-9-22-19(17)24)11-16(23-18)12-15-10-13(2)5-8-20-15/h5-6,8-11H,3-4,7,12H2,1-2H3,(H,21,23)(H,22,24). The number of H-pyrrole nitrogens is 1. The molecule has 0 saturated heterocycles. The van der Waals surface area contributed by atoms with Gasteiger partial charge in [0.25, 0.3) is 5.56 Å². The molecule has 0 radical (unpaired) electrons. The number of pyridine rings is 3. The van der Waals surface area contributed by atoms with Gasteiger partial charge in [-0.05, 0) is 48.6 Å². The maximum Gasteiger partial charge on any atom is 0.259 e. The van der Waals surface area contributed by atoms with Crippen molar-refractivity contribution in [2.24, 2.45) is 0 Å². The molecule has 0 atom stereocenters. The molecule has 0 aliphatic heterocycles. The Kier molecular flexibility index (Phi) is 4.89. The van der Waals surface area contributed by atoms with Crippen molar-refractivity contribution in [2.75, 3.05) is 11.9 Å². The predicted octanol–water partition coefficient (Wildman–Crippen LogP) is 3.43. The highest BCUT2D eigenvalue weighted by Gasteiger charge is 2.10. The Balaban J connectivity index is 2.01. The van der Waals surface area contributed by atoms with E-state index in [0.717, 1.165) is 36.2 Å². The van der Waals surface area contributed by atoms with Gasteiger partial charge in [-0.15, -0.1) is 0 Å². The summed E-state index contributed by atoms with van der Waals surface area (Å²) in [4.78, 5) is 24.0. The van der Waals surface area contributed by atoms with Gasteiger partial charge >= 0.3 is 0 Å². The average molecular weight is 322 g/mol. The molecule has 3 rings (SSSR count). The summed E-state index contributed by atoms with van der Waals surface area (Å²) in [5.74, 6) is 0.658. The predicted molar refractivity (Wildman–Crippen MR) is 97.5 cm³/mol. The maximum absolute atomic E-state index is 12.2. The van der Waals surface area contributed by atoms with Gasteiger partial charge in [0.1, 0.15) is 5.82 Å². The van der Waals surface area contributed by atoms with Crippen LogP contribution < -0.4 is 10.9 Å². The van der Waals surface area contributed by atoms with Crippen molar-refractivity contribution in [3.05, 3.63) is 64.0 Å². The van der Waals surface area contributed by atoms with Crippen molar-refractivity contribution < 1.29 is 0 Å². The second-order valence-electron chi connectivity index (χ2n) is 6.01. The molecule has 0 spiro atoms. The van der Waals surface area contributed by atoms with E-state index in [2.05, 4.69) is 40.2 Å². The molecule has 0 aliphatic rings. The van der Waals surface area contributed by atoms with Crippen molar-refractivity contribution in [1.82, 2.24) is 15.0 Å². The van der Waals surface area contributed by atoms with E-state index in [1.165, 1.54) is 5.56 Å². The Bertz CT molecular complexity index is 901. The zero-order valence-electron chi connectivity index (χ0n) is 14.1. The van der Waals surface area contributed by atoms with E-state index >= 15 is 0 Å². The largest absolute Gasteiger partial charge is 0.369 e. The first-order chi connectivity index (χ1) is 11.7. The third-order valence-corrected chi connectivity index (χ3v) is 3.96. The minimum Gasteiger partial charge on any atom is -0.369 e. The fourth-order valence-corrected chi connectivity index (χ4v) is 2.75. The molecule has 0 unspecified atom stereocenters. The molecular weight excluding hydrogens is 300 g/mol. The molecule has 124 valence electrons. The summed E-state index contributed by atoms with van der Waals surface area (Å²) in [6, 6.07) is 7.93. The Morgan fingerprint density at radius 2 is 2.08 bits per heavy atom. The first kappa shape index (κ1) is 16.2. The Morgan fingerprint density at radius 1 is 1.21 bits per heavy atom. The minimum atomic E-state index is -0.112. The zero-order valence-corrected chi connectivity index (χ0v) is 14.1. The molecule has 3 aromatic rings. The highest BCUT2D eigenvalue weighted by Crippen LogP contribution is 2.20. The van der Waals surface area contributed by atoms with Crippen molar-refractivity contribution in [1.29, 1.82) is 0 Å². The summed E-state index contributed by atoms with van der Waals surface area (Å²) >= 11 is 0. The number of hydrogen-bond donors (Lipinski definition) is 2. The normalized spacial score (nSPS) is 10.9. The molecule has 5 nitrogen and oxygen atoms in total. The van der Waals surface area contributed by atoms with Crippen LogP contribution in [0.2, 0.25) is 0 Å². The number of rotatable bonds is 6. The fraction of sp³-hybridized carbons (Fsp3) is 0.316. The molecule has 0 bridgehead atoms. The highest BCUT2D eigenvalue weighted by molar-refractivity contribution is 5.91. The van der Waals surface area contributed by atoms with Gasteiger partial charge in [-0.3, -0.25) is 9.78 Å². The van der Waals surface area contributed by atoms with Crippen LogP contribution in [0.5, 0.6) is 0 Å². The SMILES string of the molecule is CCCCNc1nc(Cc2cc(C)ccn2)cc2cc[nH]c(=O)c12. The number of unbranched alkanes of at least 4 members (excludes halogenated alkanes) is 1. The van der Waals surface area contributed by atoms with E-state index < -0.39 is 0 Å². The molecular formula is C19H22N4O. The van der Waals surface area contributed by atoms with Crippen LogP contribution >= 0.6 is 0 Å². The summed E-state index contributed by atoms with van der Waals surface area (Å²) in [6.45, 7) is 5.00. The van der Waals surface area contributed by atoms with Gasteiger partial charge in [-0.2, -0.15) is 0 Å². The summed E-state index contributed by atoms with van der Waals surface area (Å²) < 4.78 is 0. The van der Waals surface area contributed by atoms with Crippen molar-refractivity contribution in [2.45, 2.75) is 33.1 Å². The van der Waals surface area contributed by atoms with E-state index in [1.54, 1.807) is 6.20 Å². The van der Waals surface area contributed by atoms with E-state index in [1.807, 2.05) is 24.4 Å². The van der Waals surface area contributed by atoms with Crippen LogP contribution in [0.15, 0.2) is 41.5 Å². The first-order valence-corrected chi connectivity index (χ1v) is 8.34. The summed E-state index contributed by atoms with van der Waals surface area (Å²) in [5.41, 5.74) is 2.95. The van der Waals surface area contributed by atoms with Crippen LogP contribution in [0.4, 0.5) is 5.82 Å². The van der Waals surface area contributed by atoms with Gasteiger partial charge in [-0.1, -0.05) is 13.3 Å². The number of aromatic amines is 1. The lowest BCUT2D eigenvalue weighted by molar-refractivity contribution is 0.830. The van der Waals surface area contributed by atoms with Crippen LogP contribution in [-0.4, -0.2) is 21.5 Å². The lowest BCUT2D eigenvalue weighted by atomic mass is 10.1. The second kappa shape index (κ2) is 7.25. The van der Waals surface area contributed by atoms with Gasteiger partial charge in [0, 0.05) is 36.7 Å². The van der Waals surface area contributed by atoms with Crippen LogP contribution in [-0.2, 0) is 6.42 Å². The van der Waals surface area contributed by atoms with Gasteiger partial charge in [-0.25, -0.2) is 4.98 Å². The molecule has 5 heteroatoms. The van der Waals surface area contributed by atoms with E-state index in [4.69, 9.17) is 0 Å². The number of nitrogens with zero attached hydrogens (tertiary/aromatic N) is 2. The van der Waals surface area contributed by atoms with Crippen LogP contribution in [0.1, 0.15) is 36.7 Å².